The van der Waals surface area contributed by atoms with Crippen LogP contribution in [0.2, 0.25) is 0 Å². The third-order valence-corrected chi connectivity index (χ3v) is 3.78. The summed E-state index contributed by atoms with van der Waals surface area (Å²) in [4.78, 5) is 10.5. The van der Waals surface area contributed by atoms with E-state index in [-0.39, 0.29) is 0 Å². The standard InChI is InChI=1S/C15H18N4O/c1-20-13-14(16)17-10-18-15(13)19-8-7-12(9-19)11-5-3-2-4-6-11/h2-6,10,12H,7-9H2,1H3,(H2,16,17,18). The first-order chi connectivity index (χ1) is 9.79. The number of rotatable bonds is 3. The molecule has 5 heteroatoms. The predicted octanol–water partition coefficient (Wildman–Crippen LogP) is 2.06. The van der Waals surface area contributed by atoms with E-state index in [1.165, 1.54) is 11.9 Å². The number of nitrogens with two attached hydrogens (primary N) is 1. The van der Waals surface area contributed by atoms with Gasteiger partial charge in [0.05, 0.1) is 7.11 Å². The highest BCUT2D eigenvalue weighted by Gasteiger charge is 2.27. The zero-order chi connectivity index (χ0) is 13.9. The summed E-state index contributed by atoms with van der Waals surface area (Å²) in [6.45, 7) is 1.88. The van der Waals surface area contributed by atoms with E-state index in [0.29, 0.717) is 17.5 Å². The van der Waals surface area contributed by atoms with Gasteiger partial charge in [-0.05, 0) is 12.0 Å². The lowest BCUT2D eigenvalue weighted by molar-refractivity contribution is 0.413. The summed E-state index contributed by atoms with van der Waals surface area (Å²) in [6.07, 6.45) is 2.60. The minimum Gasteiger partial charge on any atom is -0.490 e. The monoisotopic (exact) mass is 270 g/mol. The summed E-state index contributed by atoms with van der Waals surface area (Å²) in [5, 5.41) is 0. The number of hydrogen-bond donors (Lipinski definition) is 1. The zero-order valence-corrected chi connectivity index (χ0v) is 11.5. The SMILES string of the molecule is COc1c(N)ncnc1N1CCC(c2ccccc2)C1. The van der Waals surface area contributed by atoms with Gasteiger partial charge < -0.3 is 15.4 Å². The molecule has 0 amide bonds. The van der Waals surface area contributed by atoms with Gasteiger partial charge in [0.15, 0.2) is 11.6 Å². The van der Waals surface area contributed by atoms with Crippen LogP contribution in [0.3, 0.4) is 0 Å². The summed E-state index contributed by atoms with van der Waals surface area (Å²) in [6, 6.07) is 10.6. The average molecular weight is 270 g/mol. The lowest BCUT2D eigenvalue weighted by Gasteiger charge is -2.20. The van der Waals surface area contributed by atoms with Crippen molar-refractivity contribution in [2.24, 2.45) is 0 Å². The van der Waals surface area contributed by atoms with Crippen LogP contribution in [-0.4, -0.2) is 30.2 Å². The normalized spacial score (nSPS) is 18.2. The molecule has 3 rings (SSSR count). The molecule has 1 unspecified atom stereocenters. The van der Waals surface area contributed by atoms with Crippen molar-refractivity contribution in [3.05, 3.63) is 42.2 Å². The topological polar surface area (TPSA) is 64.3 Å². The molecule has 0 bridgehead atoms. The molecule has 2 N–H and O–H groups in total. The molecule has 0 saturated carbocycles. The second-order valence-electron chi connectivity index (χ2n) is 4.96. The third-order valence-electron chi connectivity index (χ3n) is 3.78. The number of benzene rings is 1. The molecule has 1 saturated heterocycles. The number of aromatic nitrogens is 2. The minimum absolute atomic E-state index is 0.390. The first-order valence-electron chi connectivity index (χ1n) is 6.74. The smallest absolute Gasteiger partial charge is 0.204 e. The first kappa shape index (κ1) is 12.7. The number of nitrogens with zero attached hydrogens (tertiary/aromatic N) is 3. The zero-order valence-electron chi connectivity index (χ0n) is 11.5. The summed E-state index contributed by atoms with van der Waals surface area (Å²) < 4.78 is 5.34. The number of nitrogen functional groups attached to an aromatic ring is 1. The molecule has 1 aliphatic rings. The van der Waals surface area contributed by atoms with Crippen molar-refractivity contribution >= 4 is 11.6 Å². The Bertz CT molecular complexity index is 588. The molecular formula is C15H18N4O. The summed E-state index contributed by atoms with van der Waals surface area (Å²) in [5.74, 6) is 2.28. The molecule has 1 aliphatic heterocycles. The van der Waals surface area contributed by atoms with Gasteiger partial charge in [0.25, 0.3) is 0 Å². The lowest BCUT2D eigenvalue weighted by Crippen LogP contribution is -2.21. The number of methoxy groups -OCH3 is 1. The average Bonchev–Trinajstić information content (AvgIpc) is 2.97. The molecule has 20 heavy (non-hydrogen) atoms. The van der Waals surface area contributed by atoms with Crippen LogP contribution in [0, 0.1) is 0 Å². The Hall–Kier alpha value is -2.30. The van der Waals surface area contributed by atoms with Crippen LogP contribution in [0.5, 0.6) is 5.75 Å². The van der Waals surface area contributed by atoms with Gasteiger partial charge in [0.2, 0.25) is 5.75 Å². The molecule has 2 heterocycles. The Morgan fingerprint density at radius 1 is 1.25 bits per heavy atom. The van der Waals surface area contributed by atoms with Gasteiger partial charge in [-0.25, -0.2) is 9.97 Å². The van der Waals surface area contributed by atoms with Crippen LogP contribution in [0.25, 0.3) is 0 Å². The molecule has 1 atom stereocenters. The largest absolute Gasteiger partial charge is 0.490 e. The van der Waals surface area contributed by atoms with Crippen LogP contribution in [-0.2, 0) is 0 Å². The van der Waals surface area contributed by atoms with E-state index in [4.69, 9.17) is 10.5 Å². The van der Waals surface area contributed by atoms with Crippen LogP contribution < -0.4 is 15.4 Å². The van der Waals surface area contributed by atoms with Gasteiger partial charge in [-0.15, -0.1) is 0 Å². The van der Waals surface area contributed by atoms with Crippen LogP contribution in [0.15, 0.2) is 36.7 Å². The van der Waals surface area contributed by atoms with Gasteiger partial charge in [-0.3, -0.25) is 0 Å². The number of anilines is 2. The Balaban J connectivity index is 1.83. The second kappa shape index (κ2) is 5.36. The second-order valence-corrected chi connectivity index (χ2v) is 4.96. The van der Waals surface area contributed by atoms with E-state index in [1.807, 2.05) is 6.07 Å². The predicted molar refractivity (Wildman–Crippen MR) is 79.0 cm³/mol. The van der Waals surface area contributed by atoms with E-state index in [9.17, 15) is 0 Å². The highest BCUT2D eigenvalue weighted by molar-refractivity contribution is 5.63. The molecule has 5 nitrogen and oxygen atoms in total. The van der Waals surface area contributed by atoms with Gasteiger partial charge >= 0.3 is 0 Å². The van der Waals surface area contributed by atoms with Gasteiger partial charge in [0, 0.05) is 19.0 Å². The summed E-state index contributed by atoms with van der Waals surface area (Å²) >= 11 is 0. The van der Waals surface area contributed by atoms with Gasteiger partial charge in [0.1, 0.15) is 6.33 Å². The fourth-order valence-corrected chi connectivity index (χ4v) is 2.75. The van der Waals surface area contributed by atoms with Gasteiger partial charge in [-0.2, -0.15) is 0 Å². The van der Waals surface area contributed by atoms with Crippen molar-refractivity contribution in [3.8, 4) is 5.75 Å². The first-order valence-corrected chi connectivity index (χ1v) is 6.74. The van der Waals surface area contributed by atoms with E-state index in [2.05, 4.69) is 39.1 Å². The van der Waals surface area contributed by atoms with Gasteiger partial charge in [-0.1, -0.05) is 30.3 Å². The van der Waals surface area contributed by atoms with Crippen molar-refractivity contribution in [3.63, 3.8) is 0 Å². The van der Waals surface area contributed by atoms with E-state index < -0.39 is 0 Å². The Morgan fingerprint density at radius 3 is 2.80 bits per heavy atom. The molecule has 0 spiro atoms. The molecule has 1 aromatic heterocycles. The minimum atomic E-state index is 0.390. The highest BCUT2D eigenvalue weighted by atomic mass is 16.5. The highest BCUT2D eigenvalue weighted by Crippen LogP contribution is 2.35. The molecule has 0 radical (unpaired) electrons. The molecule has 1 fully saturated rings. The van der Waals surface area contributed by atoms with Crippen molar-refractivity contribution in [1.82, 2.24) is 9.97 Å². The molecule has 1 aromatic carbocycles. The van der Waals surface area contributed by atoms with Crippen molar-refractivity contribution in [1.29, 1.82) is 0 Å². The maximum atomic E-state index is 5.84. The fourth-order valence-electron chi connectivity index (χ4n) is 2.75. The van der Waals surface area contributed by atoms with E-state index >= 15 is 0 Å². The quantitative estimate of drug-likeness (QED) is 0.925. The molecule has 2 aromatic rings. The maximum absolute atomic E-state index is 5.84. The summed E-state index contributed by atoms with van der Waals surface area (Å²) in [7, 11) is 1.60. The molecule has 104 valence electrons. The number of ether oxygens (including phenoxy) is 1. The van der Waals surface area contributed by atoms with Crippen molar-refractivity contribution < 1.29 is 4.74 Å². The third kappa shape index (κ3) is 2.27. The summed E-state index contributed by atoms with van der Waals surface area (Å²) in [5.41, 5.74) is 7.21. The Labute approximate surface area is 118 Å². The van der Waals surface area contributed by atoms with Crippen LogP contribution in [0.4, 0.5) is 11.6 Å². The lowest BCUT2D eigenvalue weighted by atomic mass is 9.99. The van der Waals surface area contributed by atoms with E-state index in [1.54, 1.807) is 7.11 Å². The molecular weight excluding hydrogens is 252 g/mol. The van der Waals surface area contributed by atoms with Crippen LogP contribution >= 0.6 is 0 Å². The number of hydrogen-bond acceptors (Lipinski definition) is 5. The van der Waals surface area contributed by atoms with E-state index in [0.717, 1.165) is 25.3 Å². The van der Waals surface area contributed by atoms with Crippen LogP contribution in [0.1, 0.15) is 17.9 Å². The van der Waals surface area contributed by atoms with Crippen molar-refractivity contribution in [2.45, 2.75) is 12.3 Å². The Kier molecular flexibility index (Phi) is 3.41. The Morgan fingerprint density at radius 2 is 2.05 bits per heavy atom. The maximum Gasteiger partial charge on any atom is 0.204 e. The van der Waals surface area contributed by atoms with Crippen molar-refractivity contribution in [2.75, 3.05) is 30.8 Å². The molecule has 0 aliphatic carbocycles. The fraction of sp³-hybridized carbons (Fsp3) is 0.333.